The fourth-order valence-corrected chi connectivity index (χ4v) is 1.11. The fraction of sp³-hybridized carbons (Fsp3) is 0.667. The Morgan fingerprint density at radius 2 is 2.62 bits per heavy atom. The Balaban J connectivity index is 2.32. The maximum absolute atomic E-state index is 11.4. The molecule has 1 aliphatic rings. The number of hydrogen-bond acceptors (Lipinski definition) is 3. The number of morpholine rings is 1. The molecule has 1 amide bonds. The van der Waals surface area contributed by atoms with Gasteiger partial charge in [0.1, 0.15) is 6.10 Å². The van der Waals surface area contributed by atoms with E-state index in [1.165, 1.54) is 0 Å². The highest BCUT2D eigenvalue weighted by Crippen LogP contribution is 1.96. The van der Waals surface area contributed by atoms with Crippen LogP contribution in [0.5, 0.6) is 0 Å². The van der Waals surface area contributed by atoms with Gasteiger partial charge in [0.05, 0.1) is 6.61 Å². The van der Waals surface area contributed by atoms with Crippen molar-refractivity contribution in [3.8, 4) is 0 Å². The normalized spacial score (nSPS) is 24.8. The standard InChI is InChI=1S/C9H16N2O2/c1-3-7(2)11-9(12)8-6-10-4-5-13-8/h3,7-8,10H,1,4-6H2,2H3,(H,11,12). The molecular weight excluding hydrogens is 168 g/mol. The predicted octanol–water partition coefficient (Wildman–Crippen LogP) is -0.335. The first-order valence-electron chi connectivity index (χ1n) is 4.49. The van der Waals surface area contributed by atoms with E-state index in [2.05, 4.69) is 17.2 Å². The van der Waals surface area contributed by atoms with Gasteiger partial charge in [0.15, 0.2) is 0 Å². The van der Waals surface area contributed by atoms with Gasteiger partial charge in [0, 0.05) is 19.1 Å². The summed E-state index contributed by atoms with van der Waals surface area (Å²) in [4.78, 5) is 11.4. The predicted molar refractivity (Wildman–Crippen MR) is 50.4 cm³/mol. The number of nitrogens with one attached hydrogen (secondary N) is 2. The van der Waals surface area contributed by atoms with Crippen LogP contribution < -0.4 is 10.6 Å². The van der Waals surface area contributed by atoms with Crippen molar-refractivity contribution in [3.63, 3.8) is 0 Å². The molecule has 2 unspecified atom stereocenters. The van der Waals surface area contributed by atoms with E-state index in [1.54, 1.807) is 6.08 Å². The maximum Gasteiger partial charge on any atom is 0.250 e. The second-order valence-corrected chi connectivity index (χ2v) is 3.10. The second-order valence-electron chi connectivity index (χ2n) is 3.10. The van der Waals surface area contributed by atoms with E-state index in [9.17, 15) is 4.79 Å². The van der Waals surface area contributed by atoms with Gasteiger partial charge in [-0.1, -0.05) is 6.08 Å². The van der Waals surface area contributed by atoms with E-state index < -0.39 is 0 Å². The van der Waals surface area contributed by atoms with Gasteiger partial charge in [-0.3, -0.25) is 4.79 Å². The molecule has 0 aromatic carbocycles. The number of rotatable bonds is 3. The summed E-state index contributed by atoms with van der Waals surface area (Å²) in [6.45, 7) is 7.47. The summed E-state index contributed by atoms with van der Waals surface area (Å²) in [5, 5.41) is 5.87. The van der Waals surface area contributed by atoms with Gasteiger partial charge in [-0.05, 0) is 6.92 Å². The summed E-state index contributed by atoms with van der Waals surface area (Å²) in [6, 6.07) is -0.00183. The highest BCUT2D eigenvalue weighted by Gasteiger charge is 2.21. The third-order valence-electron chi connectivity index (χ3n) is 1.94. The zero-order valence-electron chi connectivity index (χ0n) is 7.88. The number of hydrogen-bond donors (Lipinski definition) is 2. The molecule has 13 heavy (non-hydrogen) atoms. The van der Waals surface area contributed by atoms with Crippen LogP contribution in [-0.4, -0.2) is 37.7 Å². The van der Waals surface area contributed by atoms with Gasteiger partial charge < -0.3 is 15.4 Å². The molecule has 2 atom stereocenters. The molecule has 74 valence electrons. The van der Waals surface area contributed by atoms with E-state index in [0.29, 0.717) is 13.2 Å². The van der Waals surface area contributed by atoms with Crippen molar-refractivity contribution in [3.05, 3.63) is 12.7 Å². The Hall–Kier alpha value is -0.870. The van der Waals surface area contributed by atoms with Crippen LogP contribution in [0.2, 0.25) is 0 Å². The number of ether oxygens (including phenoxy) is 1. The molecule has 0 aliphatic carbocycles. The summed E-state index contributed by atoms with van der Waals surface area (Å²) in [5.74, 6) is -0.0698. The number of carbonyl (C=O) groups excluding carboxylic acids is 1. The molecular formula is C9H16N2O2. The van der Waals surface area contributed by atoms with Crippen molar-refractivity contribution in [1.29, 1.82) is 0 Å². The molecule has 0 radical (unpaired) electrons. The summed E-state index contributed by atoms with van der Waals surface area (Å²) in [6.07, 6.45) is 1.34. The lowest BCUT2D eigenvalue weighted by molar-refractivity contribution is -0.134. The van der Waals surface area contributed by atoms with Gasteiger partial charge in [0.25, 0.3) is 5.91 Å². The molecule has 0 aromatic rings. The van der Waals surface area contributed by atoms with Crippen molar-refractivity contribution in [2.45, 2.75) is 19.1 Å². The average Bonchev–Trinajstić information content (AvgIpc) is 2.19. The van der Waals surface area contributed by atoms with Crippen LogP contribution in [0, 0.1) is 0 Å². The SMILES string of the molecule is C=CC(C)NC(=O)C1CNCCO1. The Morgan fingerprint density at radius 1 is 1.85 bits per heavy atom. The Bertz CT molecular complexity index is 188. The minimum atomic E-state index is -0.351. The smallest absolute Gasteiger partial charge is 0.250 e. The first kappa shape index (κ1) is 10.2. The van der Waals surface area contributed by atoms with Crippen molar-refractivity contribution >= 4 is 5.91 Å². The fourth-order valence-electron chi connectivity index (χ4n) is 1.11. The van der Waals surface area contributed by atoms with E-state index in [-0.39, 0.29) is 18.1 Å². The molecule has 1 rings (SSSR count). The summed E-state index contributed by atoms with van der Waals surface area (Å²) >= 11 is 0. The number of amides is 1. The van der Waals surface area contributed by atoms with Crippen molar-refractivity contribution < 1.29 is 9.53 Å². The monoisotopic (exact) mass is 184 g/mol. The van der Waals surface area contributed by atoms with Crippen LogP contribution in [-0.2, 0) is 9.53 Å². The lowest BCUT2D eigenvalue weighted by Gasteiger charge is -2.23. The highest BCUT2D eigenvalue weighted by molar-refractivity contribution is 5.81. The third kappa shape index (κ3) is 3.16. The molecule has 4 heteroatoms. The first-order chi connectivity index (χ1) is 6.24. The van der Waals surface area contributed by atoms with Gasteiger partial charge in [-0.25, -0.2) is 0 Å². The van der Waals surface area contributed by atoms with Crippen LogP contribution in [0.25, 0.3) is 0 Å². The summed E-state index contributed by atoms with van der Waals surface area (Å²) in [5.41, 5.74) is 0. The third-order valence-corrected chi connectivity index (χ3v) is 1.94. The molecule has 0 bridgehead atoms. The van der Waals surface area contributed by atoms with Crippen molar-refractivity contribution in [2.24, 2.45) is 0 Å². The van der Waals surface area contributed by atoms with Crippen LogP contribution in [0.15, 0.2) is 12.7 Å². The molecule has 4 nitrogen and oxygen atoms in total. The number of carbonyl (C=O) groups is 1. The van der Waals surface area contributed by atoms with E-state index >= 15 is 0 Å². The zero-order chi connectivity index (χ0) is 9.68. The average molecular weight is 184 g/mol. The lowest BCUT2D eigenvalue weighted by Crippen LogP contribution is -2.49. The molecule has 1 fully saturated rings. The van der Waals surface area contributed by atoms with Crippen LogP contribution >= 0.6 is 0 Å². The molecule has 0 spiro atoms. The minimum absolute atomic E-state index is 0.00183. The molecule has 1 saturated heterocycles. The maximum atomic E-state index is 11.4. The van der Waals surface area contributed by atoms with E-state index in [1.807, 2.05) is 6.92 Å². The van der Waals surface area contributed by atoms with E-state index in [0.717, 1.165) is 6.54 Å². The van der Waals surface area contributed by atoms with Crippen LogP contribution in [0.4, 0.5) is 0 Å². The largest absolute Gasteiger partial charge is 0.366 e. The molecule has 2 N–H and O–H groups in total. The second kappa shape index (κ2) is 4.99. The lowest BCUT2D eigenvalue weighted by atomic mass is 10.2. The van der Waals surface area contributed by atoms with Gasteiger partial charge in [-0.2, -0.15) is 0 Å². The Labute approximate surface area is 78.3 Å². The van der Waals surface area contributed by atoms with E-state index in [4.69, 9.17) is 4.74 Å². The minimum Gasteiger partial charge on any atom is -0.366 e. The van der Waals surface area contributed by atoms with Crippen molar-refractivity contribution in [1.82, 2.24) is 10.6 Å². The highest BCUT2D eigenvalue weighted by atomic mass is 16.5. The summed E-state index contributed by atoms with van der Waals surface area (Å²) < 4.78 is 5.28. The molecule has 1 heterocycles. The van der Waals surface area contributed by atoms with Gasteiger partial charge >= 0.3 is 0 Å². The Morgan fingerprint density at radius 3 is 3.15 bits per heavy atom. The zero-order valence-corrected chi connectivity index (χ0v) is 7.88. The van der Waals surface area contributed by atoms with Gasteiger partial charge in [0.2, 0.25) is 0 Å². The topological polar surface area (TPSA) is 50.4 Å². The molecule has 0 saturated carbocycles. The van der Waals surface area contributed by atoms with Crippen LogP contribution in [0.3, 0.4) is 0 Å². The van der Waals surface area contributed by atoms with Crippen molar-refractivity contribution in [2.75, 3.05) is 19.7 Å². The van der Waals surface area contributed by atoms with Gasteiger partial charge in [-0.15, -0.1) is 6.58 Å². The quantitative estimate of drug-likeness (QED) is 0.590. The molecule has 1 aliphatic heterocycles. The summed E-state index contributed by atoms with van der Waals surface area (Å²) in [7, 11) is 0. The first-order valence-corrected chi connectivity index (χ1v) is 4.49. The Kier molecular flexibility index (Phi) is 3.92. The van der Waals surface area contributed by atoms with Crippen LogP contribution in [0.1, 0.15) is 6.92 Å². The molecule has 0 aromatic heterocycles.